The smallest absolute Gasteiger partial charge is 0.107 e. The van der Waals surface area contributed by atoms with Crippen LogP contribution in [0.5, 0.6) is 0 Å². The lowest BCUT2D eigenvalue weighted by Crippen LogP contribution is -2.13. The third-order valence-corrected chi connectivity index (χ3v) is 3.33. The zero-order valence-electron chi connectivity index (χ0n) is 9.81. The van der Waals surface area contributed by atoms with Crippen LogP contribution in [0, 0.1) is 6.92 Å². The fraction of sp³-hybridized carbons (Fsp3) is 0.333. The second-order valence-corrected chi connectivity index (χ2v) is 4.79. The van der Waals surface area contributed by atoms with Gasteiger partial charge in [-0.15, -0.1) is 11.3 Å². The van der Waals surface area contributed by atoms with E-state index in [0.717, 1.165) is 29.5 Å². The second-order valence-electron chi connectivity index (χ2n) is 3.85. The third-order valence-electron chi connectivity index (χ3n) is 2.36. The molecule has 0 aliphatic carbocycles. The SMILES string of the molecule is Cc1csc(CNCc2ccnc(CN)c2)n1. The first-order chi connectivity index (χ1) is 8.28. The fourth-order valence-corrected chi connectivity index (χ4v) is 2.29. The molecule has 0 fully saturated rings. The summed E-state index contributed by atoms with van der Waals surface area (Å²) in [6.07, 6.45) is 1.80. The van der Waals surface area contributed by atoms with Crippen molar-refractivity contribution in [2.45, 2.75) is 26.6 Å². The molecule has 4 nitrogen and oxygen atoms in total. The second kappa shape index (κ2) is 5.86. The Bertz CT molecular complexity index is 481. The van der Waals surface area contributed by atoms with Crippen LogP contribution in [-0.4, -0.2) is 9.97 Å². The Kier molecular flexibility index (Phi) is 4.19. The molecule has 2 aromatic rings. The van der Waals surface area contributed by atoms with Crippen molar-refractivity contribution in [3.05, 3.63) is 45.7 Å². The molecule has 0 amide bonds. The third kappa shape index (κ3) is 3.59. The van der Waals surface area contributed by atoms with E-state index in [1.807, 2.05) is 19.1 Å². The van der Waals surface area contributed by atoms with E-state index in [1.165, 1.54) is 5.56 Å². The highest BCUT2D eigenvalue weighted by atomic mass is 32.1. The average molecular weight is 248 g/mol. The van der Waals surface area contributed by atoms with Crippen molar-refractivity contribution in [2.75, 3.05) is 0 Å². The molecule has 90 valence electrons. The average Bonchev–Trinajstić information content (AvgIpc) is 2.75. The summed E-state index contributed by atoms with van der Waals surface area (Å²) in [6, 6.07) is 4.03. The van der Waals surface area contributed by atoms with Crippen LogP contribution in [0.25, 0.3) is 0 Å². The van der Waals surface area contributed by atoms with Gasteiger partial charge in [0, 0.05) is 36.9 Å². The van der Waals surface area contributed by atoms with Gasteiger partial charge in [0.1, 0.15) is 5.01 Å². The number of hydrogen-bond donors (Lipinski definition) is 2. The molecule has 17 heavy (non-hydrogen) atoms. The van der Waals surface area contributed by atoms with Gasteiger partial charge in [-0.05, 0) is 24.6 Å². The lowest BCUT2D eigenvalue weighted by molar-refractivity contribution is 0.687. The van der Waals surface area contributed by atoms with E-state index < -0.39 is 0 Å². The topological polar surface area (TPSA) is 63.8 Å². The Labute approximate surface area is 105 Å². The Morgan fingerprint density at radius 3 is 3.00 bits per heavy atom. The van der Waals surface area contributed by atoms with Gasteiger partial charge in [0.25, 0.3) is 0 Å². The first-order valence-corrected chi connectivity index (χ1v) is 6.41. The van der Waals surface area contributed by atoms with Gasteiger partial charge in [0.2, 0.25) is 0 Å². The summed E-state index contributed by atoms with van der Waals surface area (Å²) in [5.41, 5.74) is 8.76. The molecular weight excluding hydrogens is 232 g/mol. The molecule has 0 saturated carbocycles. The highest BCUT2D eigenvalue weighted by Gasteiger charge is 1.99. The van der Waals surface area contributed by atoms with Gasteiger partial charge < -0.3 is 11.1 Å². The van der Waals surface area contributed by atoms with E-state index in [2.05, 4.69) is 20.7 Å². The number of nitrogens with one attached hydrogen (secondary N) is 1. The van der Waals surface area contributed by atoms with Crippen LogP contribution in [0.1, 0.15) is 22.0 Å². The normalized spacial score (nSPS) is 10.7. The van der Waals surface area contributed by atoms with Crippen molar-refractivity contribution in [3.8, 4) is 0 Å². The molecule has 0 bridgehead atoms. The van der Waals surface area contributed by atoms with Gasteiger partial charge in [0.15, 0.2) is 0 Å². The molecule has 0 radical (unpaired) electrons. The van der Waals surface area contributed by atoms with Gasteiger partial charge in [-0.2, -0.15) is 0 Å². The summed E-state index contributed by atoms with van der Waals surface area (Å²) >= 11 is 1.69. The predicted octanol–water partition coefficient (Wildman–Crippen LogP) is 1.60. The summed E-state index contributed by atoms with van der Waals surface area (Å²) in [7, 11) is 0. The minimum atomic E-state index is 0.486. The number of rotatable bonds is 5. The van der Waals surface area contributed by atoms with Crippen LogP contribution in [0.15, 0.2) is 23.7 Å². The monoisotopic (exact) mass is 248 g/mol. The lowest BCUT2D eigenvalue weighted by atomic mass is 10.2. The first-order valence-electron chi connectivity index (χ1n) is 5.53. The van der Waals surface area contributed by atoms with Crippen LogP contribution < -0.4 is 11.1 Å². The van der Waals surface area contributed by atoms with Crippen molar-refractivity contribution in [3.63, 3.8) is 0 Å². The quantitative estimate of drug-likeness (QED) is 0.843. The largest absolute Gasteiger partial charge is 0.325 e. The Hall–Kier alpha value is -1.30. The molecule has 3 N–H and O–H groups in total. The number of aryl methyl sites for hydroxylation is 1. The fourth-order valence-electron chi connectivity index (χ4n) is 1.55. The summed E-state index contributed by atoms with van der Waals surface area (Å²) in [5.74, 6) is 0. The van der Waals surface area contributed by atoms with E-state index in [0.29, 0.717) is 6.54 Å². The highest BCUT2D eigenvalue weighted by molar-refractivity contribution is 7.09. The van der Waals surface area contributed by atoms with E-state index >= 15 is 0 Å². The van der Waals surface area contributed by atoms with E-state index in [9.17, 15) is 0 Å². The standard InChI is InChI=1S/C12H16N4S/c1-9-8-17-12(16-9)7-14-6-10-2-3-15-11(4-10)5-13/h2-4,8,14H,5-7,13H2,1H3. The summed E-state index contributed by atoms with van der Waals surface area (Å²) in [6.45, 7) is 4.11. The molecule has 0 aliphatic rings. The number of nitrogens with zero attached hydrogens (tertiary/aromatic N) is 2. The van der Waals surface area contributed by atoms with E-state index in [4.69, 9.17) is 5.73 Å². The van der Waals surface area contributed by atoms with Gasteiger partial charge in [-0.25, -0.2) is 4.98 Å². The minimum Gasteiger partial charge on any atom is -0.325 e. The van der Waals surface area contributed by atoms with Gasteiger partial charge in [-0.1, -0.05) is 0 Å². The molecule has 0 unspecified atom stereocenters. The van der Waals surface area contributed by atoms with Crippen LogP contribution >= 0.6 is 11.3 Å². The van der Waals surface area contributed by atoms with Crippen LogP contribution in [-0.2, 0) is 19.6 Å². The molecule has 0 spiro atoms. The van der Waals surface area contributed by atoms with Crippen molar-refractivity contribution in [1.82, 2.24) is 15.3 Å². The first kappa shape index (κ1) is 12.2. The number of aromatic nitrogens is 2. The zero-order chi connectivity index (χ0) is 12.1. The molecule has 0 atom stereocenters. The van der Waals surface area contributed by atoms with Crippen molar-refractivity contribution >= 4 is 11.3 Å². The van der Waals surface area contributed by atoms with Gasteiger partial charge >= 0.3 is 0 Å². The maximum atomic E-state index is 5.55. The van der Waals surface area contributed by atoms with Crippen molar-refractivity contribution < 1.29 is 0 Å². The minimum absolute atomic E-state index is 0.486. The van der Waals surface area contributed by atoms with Crippen molar-refractivity contribution in [1.29, 1.82) is 0 Å². The maximum absolute atomic E-state index is 5.55. The Morgan fingerprint density at radius 2 is 2.29 bits per heavy atom. The number of pyridine rings is 1. The highest BCUT2D eigenvalue weighted by Crippen LogP contribution is 2.08. The number of nitrogens with two attached hydrogens (primary N) is 1. The van der Waals surface area contributed by atoms with Crippen LogP contribution in [0.4, 0.5) is 0 Å². The molecule has 0 saturated heterocycles. The Balaban J connectivity index is 1.85. The Morgan fingerprint density at radius 1 is 1.41 bits per heavy atom. The molecule has 5 heteroatoms. The van der Waals surface area contributed by atoms with Crippen molar-refractivity contribution in [2.24, 2.45) is 5.73 Å². The number of thiazole rings is 1. The zero-order valence-corrected chi connectivity index (χ0v) is 10.6. The molecule has 0 aliphatic heterocycles. The summed E-state index contributed by atoms with van der Waals surface area (Å²) < 4.78 is 0. The molecular formula is C12H16N4S. The molecule has 2 heterocycles. The van der Waals surface area contributed by atoms with Gasteiger partial charge in [-0.3, -0.25) is 4.98 Å². The molecule has 2 aromatic heterocycles. The summed E-state index contributed by atoms with van der Waals surface area (Å²) in [4.78, 5) is 8.56. The van der Waals surface area contributed by atoms with E-state index in [-0.39, 0.29) is 0 Å². The maximum Gasteiger partial charge on any atom is 0.107 e. The van der Waals surface area contributed by atoms with Gasteiger partial charge in [0.05, 0.1) is 5.69 Å². The van der Waals surface area contributed by atoms with Crippen LogP contribution in [0.3, 0.4) is 0 Å². The van der Waals surface area contributed by atoms with E-state index in [1.54, 1.807) is 17.5 Å². The summed E-state index contributed by atoms with van der Waals surface area (Å²) in [5, 5.41) is 6.55. The lowest BCUT2D eigenvalue weighted by Gasteiger charge is -2.04. The number of hydrogen-bond acceptors (Lipinski definition) is 5. The molecule has 0 aromatic carbocycles. The predicted molar refractivity (Wildman–Crippen MR) is 69.5 cm³/mol. The molecule has 2 rings (SSSR count). The van der Waals surface area contributed by atoms with Crippen LogP contribution in [0.2, 0.25) is 0 Å².